The highest BCUT2D eigenvalue weighted by Gasteiger charge is 2.16. The van der Waals surface area contributed by atoms with Crippen molar-refractivity contribution >= 4 is 5.97 Å². The Bertz CT molecular complexity index is 164. The fourth-order valence-corrected chi connectivity index (χ4v) is 2.05. The van der Waals surface area contributed by atoms with Crippen LogP contribution >= 0.6 is 0 Å². The monoisotopic (exact) mass is 185 g/mol. The molecule has 0 aromatic rings. The van der Waals surface area contributed by atoms with Gasteiger partial charge >= 0.3 is 5.97 Å². The summed E-state index contributed by atoms with van der Waals surface area (Å²) in [6, 6.07) is -0.651. The molecule has 0 aromatic carbocycles. The Labute approximate surface area is 79.3 Å². The summed E-state index contributed by atoms with van der Waals surface area (Å²) in [5.41, 5.74) is 5.40. The zero-order valence-electron chi connectivity index (χ0n) is 8.04. The van der Waals surface area contributed by atoms with Crippen molar-refractivity contribution in [1.29, 1.82) is 0 Å². The van der Waals surface area contributed by atoms with Gasteiger partial charge in [-0.1, -0.05) is 38.5 Å². The summed E-state index contributed by atoms with van der Waals surface area (Å²) in [4.78, 5) is 10.4. The smallest absolute Gasteiger partial charge is 0.320 e. The average Bonchev–Trinajstić information content (AvgIpc) is 2.56. The fraction of sp³-hybridized carbons (Fsp3) is 0.900. The zero-order valence-corrected chi connectivity index (χ0v) is 8.04. The lowest BCUT2D eigenvalue weighted by molar-refractivity contribution is -0.138. The minimum atomic E-state index is -0.869. The molecule has 3 nitrogen and oxygen atoms in total. The highest BCUT2D eigenvalue weighted by Crippen LogP contribution is 2.28. The summed E-state index contributed by atoms with van der Waals surface area (Å²) in [5, 5.41) is 8.55. The average molecular weight is 185 g/mol. The molecule has 13 heavy (non-hydrogen) atoms. The SMILES string of the molecule is NC(CCCC1CCCC1)C(=O)O. The number of carbonyl (C=O) groups is 1. The van der Waals surface area contributed by atoms with E-state index < -0.39 is 12.0 Å². The maximum atomic E-state index is 10.4. The molecule has 0 aliphatic heterocycles. The second-order valence-corrected chi connectivity index (χ2v) is 4.03. The van der Waals surface area contributed by atoms with Gasteiger partial charge in [0, 0.05) is 0 Å². The zero-order chi connectivity index (χ0) is 9.68. The maximum Gasteiger partial charge on any atom is 0.320 e. The van der Waals surface area contributed by atoms with E-state index in [1.54, 1.807) is 0 Å². The third kappa shape index (κ3) is 3.77. The number of hydrogen-bond acceptors (Lipinski definition) is 2. The molecule has 1 rings (SSSR count). The lowest BCUT2D eigenvalue weighted by Crippen LogP contribution is -2.29. The molecular formula is C10H19NO2. The molecule has 1 aliphatic rings. The summed E-state index contributed by atoms with van der Waals surface area (Å²) < 4.78 is 0. The lowest BCUT2D eigenvalue weighted by atomic mass is 9.99. The van der Waals surface area contributed by atoms with Crippen LogP contribution in [-0.4, -0.2) is 17.1 Å². The Kier molecular flexibility index (Phi) is 4.22. The first kappa shape index (κ1) is 10.5. The van der Waals surface area contributed by atoms with Crippen molar-refractivity contribution in [2.24, 2.45) is 11.7 Å². The highest BCUT2D eigenvalue weighted by atomic mass is 16.4. The van der Waals surface area contributed by atoms with Crippen LogP contribution in [0.15, 0.2) is 0 Å². The molecule has 0 amide bonds. The van der Waals surface area contributed by atoms with Crippen molar-refractivity contribution in [3.63, 3.8) is 0 Å². The molecule has 0 heterocycles. The van der Waals surface area contributed by atoms with Gasteiger partial charge in [-0.05, 0) is 12.3 Å². The van der Waals surface area contributed by atoms with Crippen LogP contribution in [-0.2, 0) is 4.79 Å². The molecule has 0 aromatic heterocycles. The summed E-state index contributed by atoms with van der Waals surface area (Å²) in [5.74, 6) is -0.0209. The second-order valence-electron chi connectivity index (χ2n) is 4.03. The van der Waals surface area contributed by atoms with E-state index >= 15 is 0 Å². The molecule has 1 aliphatic carbocycles. The first-order valence-electron chi connectivity index (χ1n) is 5.18. The van der Waals surface area contributed by atoms with Gasteiger partial charge in [0.05, 0.1) is 0 Å². The first-order valence-corrected chi connectivity index (χ1v) is 5.18. The number of rotatable bonds is 5. The van der Waals surface area contributed by atoms with Crippen LogP contribution in [0, 0.1) is 5.92 Å². The molecule has 0 spiro atoms. The molecule has 1 unspecified atom stereocenters. The summed E-state index contributed by atoms with van der Waals surface area (Å²) in [6.07, 6.45) is 8.15. The quantitative estimate of drug-likeness (QED) is 0.686. The van der Waals surface area contributed by atoms with Gasteiger partial charge in [0.15, 0.2) is 0 Å². The molecular weight excluding hydrogens is 166 g/mol. The largest absolute Gasteiger partial charge is 0.480 e. The Balaban J connectivity index is 2.02. The normalized spacial score (nSPS) is 20.4. The molecule has 1 saturated carbocycles. The fourth-order valence-electron chi connectivity index (χ4n) is 2.05. The number of aliphatic carboxylic acids is 1. The minimum Gasteiger partial charge on any atom is -0.480 e. The van der Waals surface area contributed by atoms with E-state index in [-0.39, 0.29) is 0 Å². The van der Waals surface area contributed by atoms with Gasteiger partial charge in [-0.3, -0.25) is 4.79 Å². The van der Waals surface area contributed by atoms with Gasteiger partial charge in [0.2, 0.25) is 0 Å². The van der Waals surface area contributed by atoms with Crippen LogP contribution in [0.25, 0.3) is 0 Å². The van der Waals surface area contributed by atoms with E-state index in [1.165, 1.54) is 32.1 Å². The molecule has 1 atom stereocenters. The van der Waals surface area contributed by atoms with Gasteiger partial charge in [-0.25, -0.2) is 0 Å². The van der Waals surface area contributed by atoms with Gasteiger partial charge in [-0.15, -0.1) is 0 Å². The molecule has 0 saturated heterocycles. The second kappa shape index (κ2) is 5.22. The Hall–Kier alpha value is -0.570. The van der Waals surface area contributed by atoms with Gasteiger partial charge in [0.1, 0.15) is 6.04 Å². The topological polar surface area (TPSA) is 63.3 Å². The van der Waals surface area contributed by atoms with Crippen molar-refractivity contribution in [3.05, 3.63) is 0 Å². The van der Waals surface area contributed by atoms with Crippen LogP contribution < -0.4 is 5.73 Å². The van der Waals surface area contributed by atoms with Crippen molar-refractivity contribution in [1.82, 2.24) is 0 Å². The lowest BCUT2D eigenvalue weighted by Gasteiger charge is -2.09. The number of carboxylic acids is 1. The van der Waals surface area contributed by atoms with E-state index in [9.17, 15) is 4.79 Å². The molecule has 3 heteroatoms. The minimum absolute atomic E-state index is 0.631. The predicted octanol–water partition coefficient (Wildman–Crippen LogP) is 1.76. The first-order chi connectivity index (χ1) is 6.20. The standard InChI is InChI=1S/C10H19NO2/c11-9(10(12)13)7-3-6-8-4-1-2-5-8/h8-9H,1-7,11H2,(H,12,13). The Morgan fingerprint density at radius 2 is 2.08 bits per heavy atom. The molecule has 0 bridgehead atoms. The van der Waals surface area contributed by atoms with Crippen molar-refractivity contribution in [3.8, 4) is 0 Å². The Morgan fingerprint density at radius 1 is 1.46 bits per heavy atom. The van der Waals surface area contributed by atoms with Crippen molar-refractivity contribution in [2.45, 2.75) is 51.0 Å². The third-order valence-corrected chi connectivity index (χ3v) is 2.92. The van der Waals surface area contributed by atoms with Crippen LogP contribution in [0.2, 0.25) is 0 Å². The van der Waals surface area contributed by atoms with E-state index in [1.807, 2.05) is 0 Å². The van der Waals surface area contributed by atoms with Crippen LogP contribution in [0.5, 0.6) is 0 Å². The van der Waals surface area contributed by atoms with Gasteiger partial charge in [-0.2, -0.15) is 0 Å². The molecule has 3 N–H and O–H groups in total. The summed E-state index contributed by atoms with van der Waals surface area (Å²) >= 11 is 0. The number of hydrogen-bond donors (Lipinski definition) is 2. The van der Waals surface area contributed by atoms with Crippen molar-refractivity contribution < 1.29 is 9.90 Å². The maximum absolute atomic E-state index is 10.4. The third-order valence-electron chi connectivity index (χ3n) is 2.92. The van der Waals surface area contributed by atoms with E-state index in [2.05, 4.69) is 0 Å². The van der Waals surface area contributed by atoms with Crippen LogP contribution in [0.3, 0.4) is 0 Å². The van der Waals surface area contributed by atoms with Gasteiger partial charge < -0.3 is 10.8 Å². The highest BCUT2D eigenvalue weighted by molar-refractivity contribution is 5.72. The predicted molar refractivity (Wildman–Crippen MR) is 51.4 cm³/mol. The van der Waals surface area contributed by atoms with Gasteiger partial charge in [0.25, 0.3) is 0 Å². The summed E-state index contributed by atoms with van der Waals surface area (Å²) in [6.45, 7) is 0. The summed E-state index contributed by atoms with van der Waals surface area (Å²) in [7, 11) is 0. The van der Waals surface area contributed by atoms with Crippen molar-refractivity contribution in [2.75, 3.05) is 0 Å². The molecule has 0 radical (unpaired) electrons. The van der Waals surface area contributed by atoms with E-state index in [0.717, 1.165) is 12.3 Å². The Morgan fingerprint density at radius 3 is 2.62 bits per heavy atom. The van der Waals surface area contributed by atoms with E-state index in [0.29, 0.717) is 6.42 Å². The number of carboxylic acid groups (broad SMARTS) is 1. The van der Waals surface area contributed by atoms with E-state index in [4.69, 9.17) is 10.8 Å². The van der Waals surface area contributed by atoms with Crippen LogP contribution in [0.1, 0.15) is 44.9 Å². The van der Waals surface area contributed by atoms with Crippen LogP contribution in [0.4, 0.5) is 0 Å². The molecule has 1 fully saturated rings. The molecule has 76 valence electrons. The number of nitrogens with two attached hydrogens (primary N) is 1.